The second kappa shape index (κ2) is 5.25. The van der Waals surface area contributed by atoms with Crippen molar-refractivity contribution in [1.29, 1.82) is 0 Å². The molecule has 0 saturated heterocycles. The predicted molar refractivity (Wildman–Crippen MR) is 66.9 cm³/mol. The lowest BCUT2D eigenvalue weighted by Gasteiger charge is -1.92. The average molecular weight is 314 g/mol. The zero-order valence-electron chi connectivity index (χ0n) is 8.19. The van der Waals surface area contributed by atoms with Gasteiger partial charge in [0.05, 0.1) is 0 Å². The third-order valence-corrected chi connectivity index (χ3v) is 2.77. The highest BCUT2D eigenvalue weighted by Crippen LogP contribution is 2.17. The van der Waals surface area contributed by atoms with Gasteiger partial charge in [0.25, 0.3) is 0 Å². The van der Waals surface area contributed by atoms with Crippen LogP contribution in [0.5, 0.6) is 0 Å². The van der Waals surface area contributed by atoms with Gasteiger partial charge in [0.2, 0.25) is 11.8 Å². The lowest BCUT2D eigenvalue weighted by molar-refractivity contribution is 0.503. The predicted octanol–water partition coefficient (Wildman–Crippen LogP) is 3.10. The Labute approximate surface area is 102 Å². The molecule has 0 saturated carbocycles. The molecule has 0 amide bonds. The molecule has 0 aliphatic heterocycles. The third-order valence-electron chi connectivity index (χ3n) is 2.01. The average Bonchev–Trinajstić information content (AvgIpc) is 2.76. The van der Waals surface area contributed by atoms with Gasteiger partial charge in [0.15, 0.2) is 0 Å². The van der Waals surface area contributed by atoms with E-state index in [1.54, 1.807) is 0 Å². The van der Waals surface area contributed by atoms with Gasteiger partial charge >= 0.3 is 0 Å². The van der Waals surface area contributed by atoms with Gasteiger partial charge in [-0.3, -0.25) is 0 Å². The number of alkyl halides is 1. The molecule has 0 atom stereocenters. The van der Waals surface area contributed by atoms with Crippen molar-refractivity contribution in [2.24, 2.45) is 0 Å². The largest absolute Gasteiger partial charge is 0.421 e. The summed E-state index contributed by atoms with van der Waals surface area (Å²) < 4.78 is 6.66. The van der Waals surface area contributed by atoms with E-state index in [4.69, 9.17) is 4.42 Å². The molecule has 0 spiro atoms. The molecule has 0 aliphatic carbocycles. The fourth-order valence-electron chi connectivity index (χ4n) is 1.27. The van der Waals surface area contributed by atoms with Crippen molar-refractivity contribution in [1.82, 2.24) is 10.2 Å². The Morgan fingerprint density at radius 1 is 1.13 bits per heavy atom. The van der Waals surface area contributed by atoms with Crippen LogP contribution in [-0.4, -0.2) is 14.6 Å². The molecule has 0 fully saturated rings. The zero-order chi connectivity index (χ0) is 10.5. The first-order valence-corrected chi connectivity index (χ1v) is 6.36. The van der Waals surface area contributed by atoms with Gasteiger partial charge in [0.1, 0.15) is 0 Å². The summed E-state index contributed by atoms with van der Waals surface area (Å²) in [5.41, 5.74) is 0.978. The number of hydrogen-bond donors (Lipinski definition) is 0. The standard InChI is InChI=1S/C11H11IN2O/c12-8-4-7-10-13-14-11(15-10)9-5-2-1-3-6-9/h1-3,5-6H,4,7-8H2. The number of hydrogen-bond acceptors (Lipinski definition) is 3. The van der Waals surface area contributed by atoms with Gasteiger partial charge in [-0.25, -0.2) is 0 Å². The van der Waals surface area contributed by atoms with E-state index in [0.717, 1.165) is 28.7 Å². The zero-order valence-corrected chi connectivity index (χ0v) is 10.3. The van der Waals surface area contributed by atoms with Crippen molar-refractivity contribution in [3.63, 3.8) is 0 Å². The summed E-state index contributed by atoms with van der Waals surface area (Å²) in [5.74, 6) is 1.34. The Morgan fingerprint density at radius 3 is 2.67 bits per heavy atom. The van der Waals surface area contributed by atoms with Gasteiger partial charge in [-0.05, 0) is 18.6 Å². The number of nitrogens with zero attached hydrogens (tertiary/aromatic N) is 2. The summed E-state index contributed by atoms with van der Waals surface area (Å²) in [6.45, 7) is 0. The highest BCUT2D eigenvalue weighted by atomic mass is 127. The molecule has 1 heterocycles. The van der Waals surface area contributed by atoms with Crippen molar-refractivity contribution in [3.05, 3.63) is 36.2 Å². The van der Waals surface area contributed by atoms with E-state index >= 15 is 0 Å². The maximum atomic E-state index is 5.55. The van der Waals surface area contributed by atoms with Crippen LogP contribution in [0.25, 0.3) is 11.5 Å². The molecule has 0 aliphatic rings. The number of halogens is 1. The first kappa shape index (κ1) is 10.6. The summed E-state index contributed by atoms with van der Waals surface area (Å²) in [5, 5.41) is 8.03. The Bertz CT molecular complexity index is 414. The summed E-state index contributed by atoms with van der Waals surface area (Å²) in [7, 11) is 0. The van der Waals surface area contributed by atoms with E-state index in [-0.39, 0.29) is 0 Å². The molecule has 0 N–H and O–H groups in total. The van der Waals surface area contributed by atoms with Gasteiger partial charge < -0.3 is 4.42 Å². The van der Waals surface area contributed by atoms with Crippen LogP contribution in [0.15, 0.2) is 34.7 Å². The Morgan fingerprint density at radius 2 is 1.93 bits per heavy atom. The minimum atomic E-state index is 0.610. The lowest BCUT2D eigenvalue weighted by atomic mass is 10.2. The van der Waals surface area contributed by atoms with Gasteiger partial charge in [-0.1, -0.05) is 40.8 Å². The molecule has 4 heteroatoms. The van der Waals surface area contributed by atoms with E-state index in [9.17, 15) is 0 Å². The normalized spacial score (nSPS) is 10.5. The maximum Gasteiger partial charge on any atom is 0.247 e. The number of benzene rings is 1. The lowest BCUT2D eigenvalue weighted by Crippen LogP contribution is -1.85. The molecule has 15 heavy (non-hydrogen) atoms. The molecule has 2 aromatic rings. The summed E-state index contributed by atoms with van der Waals surface area (Å²) in [4.78, 5) is 0. The fourth-order valence-corrected chi connectivity index (χ4v) is 1.65. The van der Waals surface area contributed by atoms with Gasteiger partial charge in [-0.2, -0.15) is 0 Å². The topological polar surface area (TPSA) is 38.9 Å². The number of aryl methyl sites for hydroxylation is 1. The number of aromatic nitrogens is 2. The van der Waals surface area contributed by atoms with E-state index in [2.05, 4.69) is 32.8 Å². The maximum absolute atomic E-state index is 5.55. The second-order valence-corrected chi connectivity index (χ2v) is 4.24. The van der Waals surface area contributed by atoms with Crippen LogP contribution < -0.4 is 0 Å². The van der Waals surface area contributed by atoms with Gasteiger partial charge in [-0.15, -0.1) is 10.2 Å². The minimum Gasteiger partial charge on any atom is -0.421 e. The van der Waals surface area contributed by atoms with Crippen LogP contribution in [-0.2, 0) is 6.42 Å². The second-order valence-electron chi connectivity index (χ2n) is 3.16. The van der Waals surface area contributed by atoms with Crippen molar-refractivity contribution < 1.29 is 4.42 Å². The molecule has 1 aromatic carbocycles. The van der Waals surface area contributed by atoms with Crippen LogP contribution in [0, 0.1) is 0 Å². The highest BCUT2D eigenvalue weighted by Gasteiger charge is 2.06. The van der Waals surface area contributed by atoms with Crippen LogP contribution in [0.4, 0.5) is 0 Å². The molecular formula is C11H11IN2O. The smallest absolute Gasteiger partial charge is 0.247 e. The monoisotopic (exact) mass is 314 g/mol. The van der Waals surface area contributed by atoms with E-state index in [0.29, 0.717) is 5.89 Å². The third kappa shape index (κ3) is 2.77. The van der Waals surface area contributed by atoms with Crippen LogP contribution in [0.1, 0.15) is 12.3 Å². The summed E-state index contributed by atoms with van der Waals surface area (Å²) in [6, 6.07) is 9.83. The molecule has 0 radical (unpaired) electrons. The Balaban J connectivity index is 2.14. The van der Waals surface area contributed by atoms with Crippen molar-refractivity contribution >= 4 is 22.6 Å². The molecule has 0 unspecified atom stereocenters. The molecule has 78 valence electrons. The summed E-state index contributed by atoms with van der Waals surface area (Å²) in [6.07, 6.45) is 1.94. The Kier molecular flexibility index (Phi) is 3.71. The quantitative estimate of drug-likeness (QED) is 0.643. The van der Waals surface area contributed by atoms with E-state index < -0.39 is 0 Å². The first-order chi connectivity index (χ1) is 7.40. The minimum absolute atomic E-state index is 0.610. The fraction of sp³-hybridized carbons (Fsp3) is 0.273. The molecule has 3 nitrogen and oxygen atoms in total. The number of rotatable bonds is 4. The Hall–Kier alpha value is -0.910. The van der Waals surface area contributed by atoms with Crippen LogP contribution >= 0.6 is 22.6 Å². The highest BCUT2D eigenvalue weighted by molar-refractivity contribution is 14.1. The molecule has 1 aromatic heterocycles. The van der Waals surface area contributed by atoms with Crippen molar-refractivity contribution in [2.75, 3.05) is 4.43 Å². The molecule has 0 bridgehead atoms. The SMILES string of the molecule is ICCCc1nnc(-c2ccccc2)o1. The van der Waals surface area contributed by atoms with Crippen molar-refractivity contribution in [3.8, 4) is 11.5 Å². The van der Waals surface area contributed by atoms with Crippen LogP contribution in [0.3, 0.4) is 0 Å². The molecule has 2 rings (SSSR count). The van der Waals surface area contributed by atoms with E-state index in [1.165, 1.54) is 0 Å². The summed E-state index contributed by atoms with van der Waals surface area (Å²) >= 11 is 2.34. The van der Waals surface area contributed by atoms with Crippen LogP contribution in [0.2, 0.25) is 0 Å². The first-order valence-electron chi connectivity index (χ1n) is 4.84. The molecular weight excluding hydrogens is 303 g/mol. The van der Waals surface area contributed by atoms with E-state index in [1.807, 2.05) is 30.3 Å². The van der Waals surface area contributed by atoms with Gasteiger partial charge in [0, 0.05) is 16.4 Å². The van der Waals surface area contributed by atoms with Crippen molar-refractivity contribution in [2.45, 2.75) is 12.8 Å².